The van der Waals surface area contributed by atoms with Crippen molar-refractivity contribution in [3.05, 3.63) is 88.3 Å². The summed E-state index contributed by atoms with van der Waals surface area (Å²) in [6, 6.07) is 18.0. The van der Waals surface area contributed by atoms with Crippen LogP contribution in [-0.2, 0) is 18.0 Å². The van der Waals surface area contributed by atoms with Gasteiger partial charge in [-0.25, -0.2) is 14.1 Å². The van der Waals surface area contributed by atoms with Crippen LogP contribution in [0.15, 0.2) is 80.9 Å². The molecule has 0 aliphatic carbocycles. The maximum Gasteiger partial charge on any atom is 0.196 e. The SMILES string of the molecule is COc1cc(OCc2cccc(OCc3ccc(Br)cc3F)c2)c2cc(-c3cn4c(n3)SC(OC)N4)oc2c1. The zero-order chi connectivity index (χ0) is 26.9. The Balaban J connectivity index is 1.19. The molecule has 2 aromatic heterocycles. The summed E-state index contributed by atoms with van der Waals surface area (Å²) < 4.78 is 45.6. The molecule has 0 radical (unpaired) electrons. The number of nitrogens with one attached hydrogen (secondary N) is 1. The number of rotatable bonds is 9. The third kappa shape index (κ3) is 5.42. The molecule has 3 aromatic carbocycles. The second-order valence-electron chi connectivity index (χ2n) is 8.70. The maximum absolute atomic E-state index is 14.2. The van der Waals surface area contributed by atoms with Crippen molar-refractivity contribution in [2.24, 2.45) is 0 Å². The van der Waals surface area contributed by atoms with E-state index in [0.717, 1.165) is 16.1 Å². The van der Waals surface area contributed by atoms with Gasteiger partial charge in [-0.3, -0.25) is 5.43 Å². The molecular weight excluding hydrogens is 589 g/mol. The summed E-state index contributed by atoms with van der Waals surface area (Å²) in [5.41, 5.74) is 5.69. The smallest absolute Gasteiger partial charge is 0.196 e. The van der Waals surface area contributed by atoms with Gasteiger partial charge in [0.15, 0.2) is 16.5 Å². The molecule has 0 fully saturated rings. The number of methoxy groups -OCH3 is 2. The monoisotopic (exact) mass is 611 g/mol. The normalized spacial score (nSPS) is 14.3. The summed E-state index contributed by atoms with van der Waals surface area (Å²) in [5, 5.41) is 1.59. The van der Waals surface area contributed by atoms with Gasteiger partial charge in [0.2, 0.25) is 0 Å². The minimum Gasteiger partial charge on any atom is -0.496 e. The lowest BCUT2D eigenvalue weighted by Gasteiger charge is -2.11. The van der Waals surface area contributed by atoms with Gasteiger partial charge in [0.1, 0.15) is 47.6 Å². The Labute approximate surface area is 236 Å². The largest absolute Gasteiger partial charge is 0.496 e. The molecule has 39 heavy (non-hydrogen) atoms. The molecule has 6 rings (SSSR count). The van der Waals surface area contributed by atoms with E-state index in [0.29, 0.717) is 44.3 Å². The summed E-state index contributed by atoms with van der Waals surface area (Å²) in [6.45, 7) is 0.403. The van der Waals surface area contributed by atoms with Gasteiger partial charge in [-0.05, 0) is 47.7 Å². The van der Waals surface area contributed by atoms with Crippen molar-refractivity contribution in [3.63, 3.8) is 0 Å². The highest BCUT2D eigenvalue weighted by atomic mass is 79.9. The van der Waals surface area contributed by atoms with E-state index in [9.17, 15) is 4.39 Å². The molecule has 1 aliphatic rings. The molecule has 0 spiro atoms. The minimum absolute atomic E-state index is 0.120. The number of aromatic nitrogens is 2. The molecule has 8 nitrogen and oxygen atoms in total. The van der Waals surface area contributed by atoms with Crippen LogP contribution in [0.1, 0.15) is 11.1 Å². The molecule has 200 valence electrons. The van der Waals surface area contributed by atoms with Crippen molar-refractivity contribution < 1.29 is 27.8 Å². The van der Waals surface area contributed by atoms with Crippen LogP contribution >= 0.6 is 27.7 Å². The van der Waals surface area contributed by atoms with E-state index >= 15 is 0 Å². The van der Waals surface area contributed by atoms with Gasteiger partial charge in [-0.2, -0.15) is 0 Å². The molecule has 0 saturated carbocycles. The third-order valence-corrected chi connectivity index (χ3v) is 7.61. The predicted molar refractivity (Wildman–Crippen MR) is 149 cm³/mol. The Hall–Kier alpha value is -3.67. The lowest BCUT2D eigenvalue weighted by molar-refractivity contribution is 0.187. The van der Waals surface area contributed by atoms with Crippen LogP contribution in [0, 0.1) is 5.82 Å². The Morgan fingerprint density at radius 2 is 1.95 bits per heavy atom. The van der Waals surface area contributed by atoms with Crippen LogP contribution in [-0.4, -0.2) is 29.4 Å². The van der Waals surface area contributed by atoms with Gasteiger partial charge in [0.05, 0.1) is 18.7 Å². The van der Waals surface area contributed by atoms with Gasteiger partial charge in [-0.1, -0.05) is 34.1 Å². The van der Waals surface area contributed by atoms with E-state index in [4.69, 9.17) is 23.4 Å². The Bertz CT molecular complexity index is 1630. The lowest BCUT2D eigenvalue weighted by atomic mass is 10.2. The second kappa shape index (κ2) is 10.8. The molecule has 0 bridgehead atoms. The first-order valence-electron chi connectivity index (χ1n) is 11.9. The van der Waals surface area contributed by atoms with Crippen molar-refractivity contribution in [1.29, 1.82) is 0 Å². The Morgan fingerprint density at radius 1 is 1.05 bits per heavy atom. The Kier molecular flexibility index (Phi) is 7.11. The van der Waals surface area contributed by atoms with Crippen LogP contribution < -0.4 is 19.6 Å². The molecule has 1 N–H and O–H groups in total. The number of hydrogen-bond acceptors (Lipinski definition) is 8. The first-order valence-corrected chi connectivity index (χ1v) is 13.6. The molecule has 5 aromatic rings. The lowest BCUT2D eigenvalue weighted by Crippen LogP contribution is -2.19. The van der Waals surface area contributed by atoms with Crippen molar-refractivity contribution in [1.82, 2.24) is 9.66 Å². The van der Waals surface area contributed by atoms with E-state index in [1.54, 1.807) is 26.4 Å². The molecule has 1 unspecified atom stereocenters. The summed E-state index contributed by atoms with van der Waals surface area (Å²) in [4.78, 5) is 4.66. The summed E-state index contributed by atoms with van der Waals surface area (Å²) in [6.07, 6.45) is 1.86. The highest BCUT2D eigenvalue weighted by Gasteiger charge is 2.25. The fourth-order valence-corrected chi connectivity index (χ4v) is 5.28. The van der Waals surface area contributed by atoms with Gasteiger partial charge in [0, 0.05) is 29.3 Å². The fourth-order valence-electron chi connectivity index (χ4n) is 4.13. The van der Waals surface area contributed by atoms with Crippen LogP contribution in [0.2, 0.25) is 0 Å². The Morgan fingerprint density at radius 3 is 2.74 bits per heavy atom. The molecule has 11 heteroatoms. The van der Waals surface area contributed by atoms with Crippen molar-refractivity contribution in [3.8, 4) is 28.7 Å². The van der Waals surface area contributed by atoms with Crippen molar-refractivity contribution >= 4 is 38.7 Å². The van der Waals surface area contributed by atoms with Crippen LogP contribution in [0.25, 0.3) is 22.4 Å². The minimum atomic E-state index is -0.320. The zero-order valence-corrected chi connectivity index (χ0v) is 23.3. The molecular formula is C28H23BrFN3O5S. The van der Waals surface area contributed by atoms with Gasteiger partial charge < -0.3 is 23.4 Å². The molecule has 3 heterocycles. The molecule has 1 aliphatic heterocycles. The number of fused-ring (bicyclic) bond motifs is 2. The number of benzene rings is 3. The number of ether oxygens (including phenoxy) is 4. The highest BCUT2D eigenvalue weighted by Crippen LogP contribution is 2.38. The summed E-state index contributed by atoms with van der Waals surface area (Å²) in [7, 11) is 3.24. The van der Waals surface area contributed by atoms with Gasteiger partial charge in [-0.15, -0.1) is 0 Å². The van der Waals surface area contributed by atoms with E-state index in [-0.39, 0.29) is 24.6 Å². The highest BCUT2D eigenvalue weighted by molar-refractivity contribution is 9.10. The molecule has 0 amide bonds. The van der Waals surface area contributed by atoms with Crippen LogP contribution in [0.4, 0.5) is 4.39 Å². The topological polar surface area (TPSA) is 79.9 Å². The predicted octanol–water partition coefficient (Wildman–Crippen LogP) is 6.94. The van der Waals surface area contributed by atoms with Gasteiger partial charge in [0.25, 0.3) is 0 Å². The number of imidazole rings is 1. The van der Waals surface area contributed by atoms with Crippen molar-refractivity contribution in [2.75, 3.05) is 19.6 Å². The van der Waals surface area contributed by atoms with Crippen LogP contribution in [0.5, 0.6) is 17.2 Å². The van der Waals surface area contributed by atoms with E-state index in [1.165, 1.54) is 17.8 Å². The molecule has 1 atom stereocenters. The van der Waals surface area contributed by atoms with Crippen molar-refractivity contribution in [2.45, 2.75) is 23.9 Å². The molecule has 0 saturated heterocycles. The van der Waals surface area contributed by atoms with Crippen LogP contribution in [0.3, 0.4) is 0 Å². The first-order chi connectivity index (χ1) is 19.0. The quantitative estimate of drug-likeness (QED) is 0.192. The average molecular weight is 612 g/mol. The van der Waals surface area contributed by atoms with E-state index < -0.39 is 0 Å². The third-order valence-electron chi connectivity index (χ3n) is 6.11. The second-order valence-corrected chi connectivity index (χ2v) is 10.6. The number of nitrogens with zero attached hydrogens (tertiary/aromatic N) is 2. The zero-order valence-electron chi connectivity index (χ0n) is 20.9. The van der Waals surface area contributed by atoms with E-state index in [1.807, 2.05) is 53.3 Å². The number of furan rings is 1. The average Bonchev–Trinajstić information content (AvgIpc) is 3.64. The summed E-state index contributed by atoms with van der Waals surface area (Å²) >= 11 is 4.75. The van der Waals surface area contributed by atoms with Gasteiger partial charge >= 0.3 is 0 Å². The first kappa shape index (κ1) is 25.6. The number of hydrogen-bond donors (Lipinski definition) is 1. The van der Waals surface area contributed by atoms with E-state index in [2.05, 4.69) is 26.3 Å². The summed E-state index contributed by atoms with van der Waals surface area (Å²) in [5.74, 6) is 2.13. The number of thioether (sulfide) groups is 1. The maximum atomic E-state index is 14.2. The standard InChI is InChI=1S/C28H23BrFN3O5S/c1-34-20-10-24(21-12-26(38-25(21)11-20)23-13-33-27(31-23)39-28(32-33)35-2)37-14-16-4-3-5-19(8-16)36-15-17-6-7-18(29)9-22(17)30/h3-13,28,32H,14-15H2,1-2H3. The fraction of sp³-hybridized carbons (Fsp3) is 0.179. The number of halogens is 2.